The number of aromatic nitrogens is 4. The van der Waals surface area contributed by atoms with Gasteiger partial charge in [0.25, 0.3) is 12.3 Å². The zero-order valence-electron chi connectivity index (χ0n) is 17.4. The molecular weight excluding hydrogens is 456 g/mol. The predicted molar refractivity (Wildman–Crippen MR) is 116 cm³/mol. The summed E-state index contributed by atoms with van der Waals surface area (Å²) < 4.78 is 33.3. The van der Waals surface area contributed by atoms with Crippen LogP contribution in [0.1, 0.15) is 27.0 Å². The van der Waals surface area contributed by atoms with E-state index in [9.17, 15) is 13.6 Å². The Bertz CT molecular complexity index is 1370. The first-order chi connectivity index (χ1) is 15.9. The molecule has 14 heteroatoms. The molecule has 0 atom stereocenters. The van der Waals surface area contributed by atoms with Crippen LogP contribution in [0.3, 0.4) is 0 Å². The number of pyridine rings is 1. The standard InChI is InChI=1S/C19H17F2N9O2S/c1-9-3-4-14(33-9)13-6-23-18-12(26-17(16(20)21)27-29-22)5-11(8-30(13)18)19(31)24-7-15-25-10(2)28-32-15/h3-6,8,16H,7H2,1-2H3,(H,24,31)(H2,22,26,27). The number of aliphatic imine (C=N–C) groups is 1. The molecule has 1 amide bonds. The minimum absolute atomic E-state index is 0.00138. The van der Waals surface area contributed by atoms with Gasteiger partial charge in [0.15, 0.2) is 11.5 Å². The van der Waals surface area contributed by atoms with Crippen molar-refractivity contribution in [3.63, 3.8) is 0 Å². The number of nitrogens with zero attached hydrogens (tertiary/aromatic N) is 7. The number of imidazole rings is 1. The first kappa shape index (κ1) is 22.1. The molecule has 4 aromatic heterocycles. The summed E-state index contributed by atoms with van der Waals surface area (Å²) in [7, 11) is 0. The van der Waals surface area contributed by atoms with E-state index in [1.165, 1.54) is 17.4 Å². The van der Waals surface area contributed by atoms with E-state index in [1.807, 2.05) is 19.1 Å². The maximum Gasteiger partial charge on any atom is 0.299 e. The van der Waals surface area contributed by atoms with Crippen LogP contribution in [-0.4, -0.2) is 37.7 Å². The second-order valence-electron chi connectivity index (χ2n) is 6.77. The van der Waals surface area contributed by atoms with Crippen molar-refractivity contribution < 1.29 is 18.1 Å². The highest BCUT2D eigenvalue weighted by atomic mass is 32.1. The zero-order valence-corrected chi connectivity index (χ0v) is 18.2. The molecule has 11 nitrogen and oxygen atoms in total. The molecule has 0 aromatic carbocycles. The molecule has 0 aliphatic rings. The molecule has 0 aliphatic heterocycles. The summed E-state index contributed by atoms with van der Waals surface area (Å²) in [5, 5.41) is 12.4. The monoisotopic (exact) mass is 473 g/mol. The number of hydrogen-bond acceptors (Lipinski definition) is 8. The van der Waals surface area contributed by atoms with Crippen LogP contribution in [0.4, 0.5) is 14.5 Å². The number of thiophene rings is 1. The highest BCUT2D eigenvalue weighted by Crippen LogP contribution is 2.32. The molecule has 4 aromatic rings. The lowest BCUT2D eigenvalue weighted by Crippen LogP contribution is -2.23. The predicted octanol–water partition coefficient (Wildman–Crippen LogP) is 3.61. The van der Waals surface area contributed by atoms with E-state index < -0.39 is 18.2 Å². The Balaban J connectivity index is 1.80. The first-order valence-corrected chi connectivity index (χ1v) is 10.3. The van der Waals surface area contributed by atoms with E-state index in [0.717, 1.165) is 9.75 Å². The molecule has 0 unspecified atom stereocenters. The van der Waals surface area contributed by atoms with Crippen LogP contribution in [0.15, 0.2) is 50.4 Å². The van der Waals surface area contributed by atoms with Gasteiger partial charge < -0.3 is 15.7 Å². The third-order valence-corrected chi connectivity index (χ3v) is 5.42. The van der Waals surface area contributed by atoms with Crippen molar-refractivity contribution >= 4 is 34.4 Å². The SMILES string of the molecule is Cc1noc(CNC(=O)c2cc(N=C(N=NN)C(F)F)c3ncc(-c4ccc(C)s4)n3c2)n1. The van der Waals surface area contributed by atoms with Gasteiger partial charge in [0.1, 0.15) is 5.69 Å². The number of nitrogens with one attached hydrogen (secondary N) is 1. The van der Waals surface area contributed by atoms with Crippen LogP contribution in [0.25, 0.3) is 16.2 Å². The fourth-order valence-electron chi connectivity index (χ4n) is 3.00. The molecule has 170 valence electrons. The van der Waals surface area contributed by atoms with E-state index in [-0.39, 0.29) is 29.3 Å². The van der Waals surface area contributed by atoms with Crippen LogP contribution in [0, 0.1) is 13.8 Å². The lowest BCUT2D eigenvalue weighted by atomic mass is 10.2. The van der Waals surface area contributed by atoms with Crippen molar-refractivity contribution in [1.29, 1.82) is 0 Å². The molecule has 4 rings (SSSR count). The third kappa shape index (κ3) is 4.74. The van der Waals surface area contributed by atoms with Gasteiger partial charge in [-0.3, -0.25) is 9.20 Å². The number of nitrogens with two attached hydrogens (primary N) is 1. The Morgan fingerprint density at radius 2 is 2.18 bits per heavy atom. The van der Waals surface area contributed by atoms with Crippen LogP contribution >= 0.6 is 11.3 Å². The Labute approximate surface area is 189 Å². The number of carbonyl (C=O) groups excluding carboxylic acids is 1. The summed E-state index contributed by atoms with van der Waals surface area (Å²) in [5.41, 5.74) is 1.06. The van der Waals surface area contributed by atoms with Gasteiger partial charge in [0.2, 0.25) is 11.7 Å². The molecule has 0 aliphatic carbocycles. The summed E-state index contributed by atoms with van der Waals surface area (Å²) in [6, 6.07) is 5.18. The summed E-state index contributed by atoms with van der Waals surface area (Å²) in [5.74, 6) is 4.17. The highest BCUT2D eigenvalue weighted by Gasteiger charge is 2.19. The van der Waals surface area contributed by atoms with Crippen molar-refractivity contribution in [2.45, 2.75) is 26.8 Å². The Hall–Kier alpha value is -4.07. The molecule has 33 heavy (non-hydrogen) atoms. The number of rotatable bonds is 6. The molecule has 4 heterocycles. The van der Waals surface area contributed by atoms with Crippen LogP contribution in [0.5, 0.6) is 0 Å². The average molecular weight is 473 g/mol. The smallest absolute Gasteiger partial charge is 0.299 e. The van der Waals surface area contributed by atoms with E-state index >= 15 is 0 Å². The number of alkyl halides is 2. The molecule has 0 spiro atoms. The van der Waals surface area contributed by atoms with Crippen LogP contribution in [-0.2, 0) is 6.54 Å². The molecular formula is C19H17F2N9O2S. The summed E-state index contributed by atoms with van der Waals surface area (Å²) in [6.07, 6.45) is 0.0896. The van der Waals surface area contributed by atoms with E-state index in [0.29, 0.717) is 11.5 Å². The van der Waals surface area contributed by atoms with Crippen molar-refractivity contribution in [2.75, 3.05) is 0 Å². The van der Waals surface area contributed by atoms with E-state index in [4.69, 9.17) is 10.4 Å². The summed E-state index contributed by atoms with van der Waals surface area (Å²) in [6.45, 7) is 3.60. The van der Waals surface area contributed by atoms with Gasteiger partial charge in [-0.2, -0.15) is 4.98 Å². The van der Waals surface area contributed by atoms with Gasteiger partial charge in [-0.1, -0.05) is 10.4 Å². The lowest BCUT2D eigenvalue weighted by Gasteiger charge is -2.08. The molecule has 0 saturated carbocycles. The number of halogens is 2. The van der Waals surface area contributed by atoms with Crippen molar-refractivity contribution in [3.05, 3.63) is 52.7 Å². The highest BCUT2D eigenvalue weighted by molar-refractivity contribution is 7.15. The molecule has 0 fully saturated rings. The Morgan fingerprint density at radius 3 is 2.82 bits per heavy atom. The maximum atomic E-state index is 13.3. The molecule has 0 radical (unpaired) electrons. The van der Waals surface area contributed by atoms with Gasteiger partial charge in [-0.15, -0.1) is 16.5 Å². The average Bonchev–Trinajstić information content (AvgIpc) is 3.51. The number of carbonyl (C=O) groups is 1. The first-order valence-electron chi connectivity index (χ1n) is 9.48. The van der Waals surface area contributed by atoms with Gasteiger partial charge in [0, 0.05) is 11.1 Å². The number of aryl methyl sites for hydroxylation is 2. The Morgan fingerprint density at radius 1 is 1.36 bits per heavy atom. The van der Waals surface area contributed by atoms with Gasteiger partial charge >= 0.3 is 0 Å². The number of fused-ring (bicyclic) bond motifs is 1. The van der Waals surface area contributed by atoms with Crippen molar-refractivity contribution in [1.82, 2.24) is 24.8 Å². The molecule has 3 N–H and O–H groups in total. The number of amides is 1. The molecule has 0 bridgehead atoms. The Kier molecular flexibility index (Phi) is 6.17. The fraction of sp³-hybridized carbons (Fsp3) is 0.211. The van der Waals surface area contributed by atoms with Crippen LogP contribution < -0.4 is 11.2 Å². The topological polar surface area (TPSA) is 148 Å². The zero-order chi connectivity index (χ0) is 23.5. The van der Waals surface area contributed by atoms with Gasteiger partial charge in [-0.05, 0) is 32.0 Å². The third-order valence-electron chi connectivity index (χ3n) is 4.40. The minimum Gasteiger partial charge on any atom is -0.343 e. The lowest BCUT2D eigenvalue weighted by molar-refractivity contribution is 0.0946. The summed E-state index contributed by atoms with van der Waals surface area (Å²) >= 11 is 1.52. The fourth-order valence-corrected chi connectivity index (χ4v) is 3.87. The summed E-state index contributed by atoms with van der Waals surface area (Å²) in [4.78, 5) is 27.0. The largest absolute Gasteiger partial charge is 0.343 e. The number of hydrogen-bond donors (Lipinski definition) is 2. The van der Waals surface area contributed by atoms with E-state index in [1.54, 1.807) is 23.7 Å². The van der Waals surface area contributed by atoms with Crippen LogP contribution in [0.2, 0.25) is 0 Å². The normalized spacial score (nSPS) is 12.3. The van der Waals surface area contributed by atoms with Gasteiger partial charge in [-0.25, -0.2) is 18.8 Å². The maximum absolute atomic E-state index is 13.3. The quantitative estimate of drug-likeness (QED) is 0.144. The van der Waals surface area contributed by atoms with Crippen molar-refractivity contribution in [3.8, 4) is 10.6 Å². The molecule has 0 saturated heterocycles. The second kappa shape index (κ2) is 9.20. The second-order valence-corrected chi connectivity index (χ2v) is 8.05. The number of amidine groups is 1. The van der Waals surface area contributed by atoms with Gasteiger partial charge in [0.05, 0.1) is 28.9 Å². The van der Waals surface area contributed by atoms with E-state index in [2.05, 4.69) is 35.8 Å². The minimum atomic E-state index is -3.04. The van der Waals surface area contributed by atoms with Crippen molar-refractivity contribution in [2.24, 2.45) is 21.2 Å².